The van der Waals surface area contributed by atoms with E-state index in [0.29, 0.717) is 12.6 Å². The van der Waals surface area contributed by atoms with Crippen LogP contribution >= 0.6 is 0 Å². The number of Topliss-reactive ketones (excluding diaryl/α,β-unsaturated/α-hetero) is 1. The molecule has 0 amide bonds. The fourth-order valence-electron chi connectivity index (χ4n) is 3.83. The maximum Gasteiger partial charge on any atom is 0.178 e. The van der Waals surface area contributed by atoms with Crippen LogP contribution in [0.5, 0.6) is 0 Å². The summed E-state index contributed by atoms with van der Waals surface area (Å²) in [5, 5.41) is 0. The molecule has 3 rings (SSSR count). The molecular weight excluding hydrogens is 324 g/mol. The van der Waals surface area contributed by atoms with Crippen molar-refractivity contribution in [1.82, 2.24) is 9.47 Å². The Morgan fingerprint density at radius 3 is 2.50 bits per heavy atom. The molecule has 0 bridgehead atoms. The van der Waals surface area contributed by atoms with E-state index in [1.54, 1.807) is 0 Å². The van der Waals surface area contributed by atoms with E-state index < -0.39 is 0 Å². The standard InChI is InChI=1S/C22H30N2O2/c1-4-14-26-20-10-12-23(13-11-20)16-22(25)21-15-17(2)24(18(21)3)19-8-6-5-7-9-19/h5-9,15,20H,4,10-14,16H2,1-3H3. The largest absolute Gasteiger partial charge is 0.378 e. The summed E-state index contributed by atoms with van der Waals surface area (Å²) in [6.45, 7) is 9.47. The van der Waals surface area contributed by atoms with Gasteiger partial charge in [0.15, 0.2) is 5.78 Å². The second-order valence-electron chi connectivity index (χ2n) is 7.23. The predicted molar refractivity (Wildman–Crippen MR) is 105 cm³/mol. The number of carbonyl (C=O) groups excluding carboxylic acids is 1. The van der Waals surface area contributed by atoms with Gasteiger partial charge in [-0.1, -0.05) is 25.1 Å². The van der Waals surface area contributed by atoms with Gasteiger partial charge < -0.3 is 9.30 Å². The highest BCUT2D eigenvalue weighted by atomic mass is 16.5. The number of ketones is 1. The molecule has 0 atom stereocenters. The van der Waals surface area contributed by atoms with Crippen molar-refractivity contribution in [2.45, 2.75) is 46.1 Å². The van der Waals surface area contributed by atoms with E-state index in [4.69, 9.17) is 4.74 Å². The van der Waals surface area contributed by atoms with Gasteiger partial charge in [0.05, 0.1) is 12.6 Å². The van der Waals surface area contributed by atoms with Gasteiger partial charge in [0.25, 0.3) is 0 Å². The third-order valence-electron chi connectivity index (χ3n) is 5.21. The molecule has 0 radical (unpaired) electrons. The molecule has 26 heavy (non-hydrogen) atoms. The van der Waals surface area contributed by atoms with Crippen LogP contribution < -0.4 is 0 Å². The number of rotatable bonds is 7. The number of carbonyl (C=O) groups is 1. The van der Waals surface area contributed by atoms with E-state index in [1.807, 2.05) is 31.2 Å². The SMILES string of the molecule is CCCOC1CCN(CC(=O)c2cc(C)n(-c3ccccc3)c2C)CC1. The summed E-state index contributed by atoms with van der Waals surface area (Å²) in [7, 11) is 0. The van der Waals surface area contributed by atoms with E-state index in [0.717, 1.165) is 61.6 Å². The minimum atomic E-state index is 0.216. The van der Waals surface area contributed by atoms with Crippen molar-refractivity contribution in [3.63, 3.8) is 0 Å². The summed E-state index contributed by atoms with van der Waals surface area (Å²) in [5.74, 6) is 0.216. The van der Waals surface area contributed by atoms with Crippen LogP contribution in [0.2, 0.25) is 0 Å². The highest BCUT2D eigenvalue weighted by molar-refractivity contribution is 5.99. The Balaban J connectivity index is 1.64. The normalized spacial score (nSPS) is 16.1. The van der Waals surface area contributed by atoms with Gasteiger partial charge in [-0.15, -0.1) is 0 Å². The van der Waals surface area contributed by atoms with Crippen LogP contribution in [0.15, 0.2) is 36.4 Å². The lowest BCUT2D eigenvalue weighted by molar-refractivity contribution is 0.00852. The lowest BCUT2D eigenvalue weighted by Gasteiger charge is -2.31. The highest BCUT2D eigenvalue weighted by Gasteiger charge is 2.23. The Morgan fingerprint density at radius 1 is 1.15 bits per heavy atom. The molecule has 0 saturated carbocycles. The van der Waals surface area contributed by atoms with Crippen LogP contribution in [0.25, 0.3) is 5.69 Å². The smallest absolute Gasteiger partial charge is 0.178 e. The van der Waals surface area contributed by atoms with Gasteiger partial charge in [-0.05, 0) is 51.3 Å². The Hall–Kier alpha value is -1.91. The fourth-order valence-corrected chi connectivity index (χ4v) is 3.83. The Morgan fingerprint density at radius 2 is 1.85 bits per heavy atom. The Kier molecular flexibility index (Phi) is 6.28. The number of piperidine rings is 1. The molecule has 4 nitrogen and oxygen atoms in total. The van der Waals surface area contributed by atoms with Crippen LogP contribution in [-0.4, -0.2) is 47.6 Å². The number of aryl methyl sites for hydroxylation is 1. The molecule has 0 N–H and O–H groups in total. The van der Waals surface area contributed by atoms with Crippen molar-refractivity contribution in [3.8, 4) is 5.69 Å². The van der Waals surface area contributed by atoms with Gasteiger partial charge in [0, 0.05) is 42.3 Å². The zero-order valence-corrected chi connectivity index (χ0v) is 16.2. The molecule has 2 heterocycles. The minimum absolute atomic E-state index is 0.216. The summed E-state index contributed by atoms with van der Waals surface area (Å²) in [6.07, 6.45) is 3.48. The van der Waals surface area contributed by atoms with Crippen LogP contribution in [0.3, 0.4) is 0 Å². The quantitative estimate of drug-likeness (QED) is 0.700. The molecule has 2 aromatic rings. The van der Waals surface area contributed by atoms with Crippen molar-refractivity contribution >= 4 is 5.78 Å². The van der Waals surface area contributed by atoms with Crippen molar-refractivity contribution in [2.24, 2.45) is 0 Å². The summed E-state index contributed by atoms with van der Waals surface area (Å²) in [6, 6.07) is 12.3. The molecule has 1 saturated heterocycles. The Bertz CT molecular complexity index is 728. The summed E-state index contributed by atoms with van der Waals surface area (Å²) < 4.78 is 8.01. The van der Waals surface area contributed by atoms with Crippen molar-refractivity contribution in [3.05, 3.63) is 53.3 Å². The molecule has 0 unspecified atom stereocenters. The number of ether oxygens (including phenoxy) is 1. The van der Waals surface area contributed by atoms with E-state index in [-0.39, 0.29) is 5.78 Å². The second kappa shape index (κ2) is 8.65. The lowest BCUT2D eigenvalue weighted by atomic mass is 10.1. The zero-order valence-electron chi connectivity index (χ0n) is 16.2. The molecule has 4 heteroatoms. The number of benzene rings is 1. The zero-order chi connectivity index (χ0) is 18.5. The lowest BCUT2D eigenvalue weighted by Crippen LogP contribution is -2.40. The van der Waals surface area contributed by atoms with Crippen LogP contribution in [0.1, 0.15) is 47.9 Å². The van der Waals surface area contributed by atoms with Crippen molar-refractivity contribution < 1.29 is 9.53 Å². The molecule has 1 aromatic heterocycles. The van der Waals surface area contributed by atoms with Crippen LogP contribution in [-0.2, 0) is 4.74 Å². The fraction of sp³-hybridized carbons (Fsp3) is 0.500. The molecule has 1 fully saturated rings. The van der Waals surface area contributed by atoms with Gasteiger partial charge in [0.2, 0.25) is 0 Å². The number of aromatic nitrogens is 1. The van der Waals surface area contributed by atoms with Gasteiger partial charge in [0.1, 0.15) is 0 Å². The molecule has 0 spiro atoms. The van der Waals surface area contributed by atoms with Crippen LogP contribution in [0, 0.1) is 13.8 Å². The number of likely N-dealkylation sites (tertiary alicyclic amines) is 1. The van der Waals surface area contributed by atoms with Crippen LogP contribution in [0.4, 0.5) is 0 Å². The summed E-state index contributed by atoms with van der Waals surface area (Å²) >= 11 is 0. The van der Waals surface area contributed by atoms with Gasteiger partial charge in [-0.2, -0.15) is 0 Å². The van der Waals surface area contributed by atoms with Gasteiger partial charge in [-0.3, -0.25) is 9.69 Å². The van der Waals surface area contributed by atoms with E-state index >= 15 is 0 Å². The first kappa shape index (κ1) is 18.9. The third-order valence-corrected chi connectivity index (χ3v) is 5.21. The van der Waals surface area contributed by atoms with Gasteiger partial charge >= 0.3 is 0 Å². The third kappa shape index (κ3) is 4.25. The maximum absolute atomic E-state index is 12.9. The molecular formula is C22H30N2O2. The highest BCUT2D eigenvalue weighted by Crippen LogP contribution is 2.22. The summed E-state index contributed by atoms with van der Waals surface area (Å²) in [5.41, 5.74) is 4.08. The van der Waals surface area contributed by atoms with Crippen molar-refractivity contribution in [2.75, 3.05) is 26.2 Å². The van der Waals surface area contributed by atoms with Gasteiger partial charge in [-0.25, -0.2) is 0 Å². The van der Waals surface area contributed by atoms with E-state index in [1.165, 1.54) is 0 Å². The maximum atomic E-state index is 12.9. The number of hydrogen-bond acceptors (Lipinski definition) is 3. The number of nitrogens with zero attached hydrogens (tertiary/aromatic N) is 2. The monoisotopic (exact) mass is 354 g/mol. The van der Waals surface area contributed by atoms with Crippen molar-refractivity contribution in [1.29, 1.82) is 0 Å². The van der Waals surface area contributed by atoms with E-state index in [2.05, 4.69) is 35.4 Å². The first-order valence-corrected chi connectivity index (χ1v) is 9.71. The first-order valence-electron chi connectivity index (χ1n) is 9.71. The topological polar surface area (TPSA) is 34.5 Å². The minimum Gasteiger partial charge on any atom is -0.378 e. The molecule has 0 aliphatic carbocycles. The summed E-state index contributed by atoms with van der Waals surface area (Å²) in [4.78, 5) is 15.2. The first-order chi connectivity index (χ1) is 12.6. The molecule has 1 aliphatic heterocycles. The molecule has 140 valence electrons. The molecule has 1 aliphatic rings. The number of hydrogen-bond donors (Lipinski definition) is 0. The predicted octanol–water partition coefficient (Wildman–Crippen LogP) is 4.17. The molecule has 1 aromatic carbocycles. The Labute approximate surface area is 156 Å². The van der Waals surface area contributed by atoms with E-state index in [9.17, 15) is 4.79 Å². The second-order valence-corrected chi connectivity index (χ2v) is 7.23. The number of para-hydroxylation sites is 1. The average Bonchev–Trinajstić information content (AvgIpc) is 2.96. The average molecular weight is 354 g/mol.